The van der Waals surface area contributed by atoms with Gasteiger partial charge >= 0.3 is 0 Å². The van der Waals surface area contributed by atoms with Gasteiger partial charge in [-0.1, -0.05) is 41.9 Å². The van der Waals surface area contributed by atoms with Crippen molar-refractivity contribution in [3.63, 3.8) is 0 Å². The van der Waals surface area contributed by atoms with E-state index in [0.29, 0.717) is 15.9 Å². The maximum atomic E-state index is 6.13. The van der Waals surface area contributed by atoms with Crippen LogP contribution in [0.25, 0.3) is 0 Å². The summed E-state index contributed by atoms with van der Waals surface area (Å²) in [5, 5.41) is 8.30. The molecule has 2 rings (SSSR count). The molecular weight excluding hydrogens is 318 g/mol. The number of hydrazone groups is 1. The van der Waals surface area contributed by atoms with Gasteiger partial charge in [0.2, 0.25) is 0 Å². The lowest BCUT2D eigenvalue weighted by atomic mass is 10.1. The van der Waals surface area contributed by atoms with Gasteiger partial charge in [-0.15, -0.1) is 0 Å². The SMILES string of the molecule is COc1ccccc1NC(=S)N/N=C(\C)c1ccccc1Cl. The van der Waals surface area contributed by atoms with E-state index in [-0.39, 0.29) is 0 Å². The first-order valence-electron chi connectivity index (χ1n) is 6.61. The second-order valence-electron chi connectivity index (χ2n) is 4.44. The molecule has 114 valence electrons. The standard InChI is InChI=1S/C16H16ClN3OS/c1-11(12-7-3-4-8-13(12)17)19-20-16(22)18-14-9-5-6-10-15(14)21-2/h3-10H,1-2H3,(H2,18,20,22)/b19-11+. The highest BCUT2D eigenvalue weighted by molar-refractivity contribution is 7.80. The van der Waals surface area contributed by atoms with E-state index in [2.05, 4.69) is 15.8 Å². The van der Waals surface area contributed by atoms with E-state index >= 15 is 0 Å². The van der Waals surface area contributed by atoms with Gasteiger partial charge in [-0.05, 0) is 37.3 Å². The Kier molecular flexibility index (Phi) is 5.75. The molecule has 22 heavy (non-hydrogen) atoms. The Bertz CT molecular complexity index is 703. The van der Waals surface area contributed by atoms with Gasteiger partial charge in [0.1, 0.15) is 5.75 Å². The maximum Gasteiger partial charge on any atom is 0.191 e. The van der Waals surface area contributed by atoms with Crippen LogP contribution in [0.5, 0.6) is 5.75 Å². The van der Waals surface area contributed by atoms with E-state index < -0.39 is 0 Å². The highest BCUT2D eigenvalue weighted by atomic mass is 35.5. The monoisotopic (exact) mass is 333 g/mol. The van der Waals surface area contributed by atoms with Crippen LogP contribution in [0.2, 0.25) is 5.02 Å². The number of hydrogen-bond donors (Lipinski definition) is 2. The predicted molar refractivity (Wildman–Crippen MR) is 96.0 cm³/mol. The Morgan fingerprint density at radius 3 is 2.55 bits per heavy atom. The minimum atomic E-state index is 0.371. The largest absolute Gasteiger partial charge is 0.495 e. The van der Waals surface area contributed by atoms with Gasteiger partial charge in [0.15, 0.2) is 5.11 Å². The number of thiocarbonyl (C=S) groups is 1. The lowest BCUT2D eigenvalue weighted by Crippen LogP contribution is -2.25. The van der Waals surface area contributed by atoms with Gasteiger partial charge in [0, 0.05) is 10.6 Å². The molecule has 0 aliphatic carbocycles. The van der Waals surface area contributed by atoms with Crippen LogP contribution in [0.4, 0.5) is 5.69 Å². The van der Waals surface area contributed by atoms with Crippen LogP contribution in [0, 0.1) is 0 Å². The van der Waals surface area contributed by atoms with Crippen molar-refractivity contribution in [3.05, 3.63) is 59.1 Å². The molecule has 2 N–H and O–H groups in total. The Morgan fingerprint density at radius 1 is 1.14 bits per heavy atom. The lowest BCUT2D eigenvalue weighted by molar-refractivity contribution is 0.417. The summed E-state index contributed by atoms with van der Waals surface area (Å²) in [5.41, 5.74) is 5.18. The molecule has 0 aliphatic heterocycles. The zero-order chi connectivity index (χ0) is 15.9. The Balaban J connectivity index is 2.03. The molecule has 4 nitrogen and oxygen atoms in total. The number of halogens is 1. The van der Waals surface area contributed by atoms with Gasteiger partial charge in [-0.3, -0.25) is 5.43 Å². The molecule has 0 heterocycles. The zero-order valence-corrected chi connectivity index (χ0v) is 13.8. The number of benzene rings is 2. The van der Waals surface area contributed by atoms with Crippen molar-refractivity contribution in [3.8, 4) is 5.75 Å². The molecule has 0 fully saturated rings. The summed E-state index contributed by atoms with van der Waals surface area (Å²) in [6.07, 6.45) is 0. The molecule has 0 unspecified atom stereocenters. The van der Waals surface area contributed by atoms with Crippen LogP contribution in [0.1, 0.15) is 12.5 Å². The maximum absolute atomic E-state index is 6.13. The first-order valence-corrected chi connectivity index (χ1v) is 7.39. The third-order valence-electron chi connectivity index (χ3n) is 2.94. The molecule has 0 aliphatic rings. The normalized spacial score (nSPS) is 11.0. The van der Waals surface area contributed by atoms with Gasteiger partial charge in [0.05, 0.1) is 18.5 Å². The number of methoxy groups -OCH3 is 1. The fraction of sp³-hybridized carbons (Fsp3) is 0.125. The molecule has 0 bridgehead atoms. The van der Waals surface area contributed by atoms with Gasteiger partial charge in [-0.25, -0.2) is 0 Å². The molecule has 0 aromatic heterocycles. The number of nitrogens with zero attached hydrogens (tertiary/aromatic N) is 1. The minimum absolute atomic E-state index is 0.371. The van der Waals surface area contributed by atoms with Crippen molar-refractivity contribution in [1.82, 2.24) is 5.43 Å². The van der Waals surface area contributed by atoms with Crippen LogP contribution < -0.4 is 15.5 Å². The van der Waals surface area contributed by atoms with Crippen molar-refractivity contribution >= 4 is 40.3 Å². The molecule has 0 saturated carbocycles. The van der Waals surface area contributed by atoms with E-state index in [1.54, 1.807) is 7.11 Å². The van der Waals surface area contributed by atoms with Crippen LogP contribution >= 0.6 is 23.8 Å². The fourth-order valence-electron chi connectivity index (χ4n) is 1.85. The van der Waals surface area contributed by atoms with Crippen LogP contribution in [-0.2, 0) is 0 Å². The lowest BCUT2D eigenvalue weighted by Gasteiger charge is -2.11. The summed E-state index contributed by atoms with van der Waals surface area (Å²) in [6.45, 7) is 1.86. The number of rotatable bonds is 4. The summed E-state index contributed by atoms with van der Waals surface area (Å²) in [5.74, 6) is 0.707. The molecule has 6 heteroatoms. The molecule has 2 aromatic rings. The Labute approximate surface area is 140 Å². The van der Waals surface area contributed by atoms with Gasteiger partial charge < -0.3 is 10.1 Å². The number of nitrogens with one attached hydrogen (secondary N) is 2. The van der Waals surface area contributed by atoms with E-state index in [1.165, 1.54) is 0 Å². The van der Waals surface area contributed by atoms with Gasteiger partial charge in [-0.2, -0.15) is 5.10 Å². The average molecular weight is 334 g/mol. The third-order valence-corrected chi connectivity index (χ3v) is 3.47. The molecule has 0 amide bonds. The van der Waals surface area contributed by atoms with E-state index in [1.807, 2.05) is 55.5 Å². The number of anilines is 1. The average Bonchev–Trinajstić information content (AvgIpc) is 2.53. The van der Waals surface area contributed by atoms with Gasteiger partial charge in [0.25, 0.3) is 0 Å². The van der Waals surface area contributed by atoms with Crippen LogP contribution in [0.15, 0.2) is 53.6 Å². The first kappa shape index (κ1) is 16.3. The minimum Gasteiger partial charge on any atom is -0.495 e. The van der Waals surface area contributed by atoms with E-state index in [0.717, 1.165) is 17.0 Å². The number of ether oxygens (including phenoxy) is 1. The highest BCUT2D eigenvalue weighted by Gasteiger charge is 2.05. The van der Waals surface area contributed by atoms with Crippen LogP contribution in [0.3, 0.4) is 0 Å². The van der Waals surface area contributed by atoms with Crippen molar-refractivity contribution in [2.24, 2.45) is 5.10 Å². The first-order chi connectivity index (χ1) is 10.6. The third kappa shape index (κ3) is 4.19. The smallest absolute Gasteiger partial charge is 0.191 e. The second kappa shape index (κ2) is 7.77. The van der Waals surface area contributed by atoms with Crippen molar-refractivity contribution in [2.45, 2.75) is 6.92 Å². The van der Waals surface area contributed by atoms with Crippen molar-refractivity contribution in [1.29, 1.82) is 0 Å². The second-order valence-corrected chi connectivity index (χ2v) is 5.26. The zero-order valence-electron chi connectivity index (χ0n) is 12.3. The Hall–Kier alpha value is -2.11. The molecule has 2 aromatic carbocycles. The molecule has 0 spiro atoms. The van der Waals surface area contributed by atoms with Crippen molar-refractivity contribution in [2.75, 3.05) is 12.4 Å². The Morgan fingerprint density at radius 2 is 1.82 bits per heavy atom. The van der Waals surface area contributed by atoms with E-state index in [9.17, 15) is 0 Å². The number of para-hydroxylation sites is 2. The topological polar surface area (TPSA) is 45.6 Å². The summed E-state index contributed by atoms with van der Waals surface area (Å²) < 4.78 is 5.25. The number of hydrogen-bond acceptors (Lipinski definition) is 3. The summed E-state index contributed by atoms with van der Waals surface area (Å²) in [6, 6.07) is 15.0. The van der Waals surface area contributed by atoms with Crippen molar-refractivity contribution < 1.29 is 4.74 Å². The quantitative estimate of drug-likeness (QED) is 0.503. The van der Waals surface area contributed by atoms with Crippen LogP contribution in [-0.4, -0.2) is 17.9 Å². The summed E-state index contributed by atoms with van der Waals surface area (Å²) in [7, 11) is 1.61. The molecule has 0 atom stereocenters. The summed E-state index contributed by atoms with van der Waals surface area (Å²) in [4.78, 5) is 0. The highest BCUT2D eigenvalue weighted by Crippen LogP contribution is 2.22. The summed E-state index contributed by atoms with van der Waals surface area (Å²) >= 11 is 11.4. The predicted octanol–water partition coefficient (Wildman–Crippen LogP) is 4.06. The molecule has 0 saturated heterocycles. The molecule has 0 radical (unpaired) electrons. The van der Waals surface area contributed by atoms with E-state index in [4.69, 9.17) is 28.6 Å². The molecular formula is C16H16ClN3OS. The fourth-order valence-corrected chi connectivity index (χ4v) is 2.28.